The Hall–Kier alpha value is -1.55. The van der Waals surface area contributed by atoms with Crippen LogP contribution in [0.15, 0.2) is 24.3 Å². The summed E-state index contributed by atoms with van der Waals surface area (Å²) in [4.78, 5) is 14.3. The van der Waals surface area contributed by atoms with Crippen LogP contribution in [-0.2, 0) is 4.79 Å². The van der Waals surface area contributed by atoms with Gasteiger partial charge in [-0.1, -0.05) is 13.8 Å². The quantitative estimate of drug-likeness (QED) is 0.904. The smallest absolute Gasteiger partial charge is 0.244 e. The summed E-state index contributed by atoms with van der Waals surface area (Å²) >= 11 is 0. The van der Waals surface area contributed by atoms with E-state index in [1.54, 1.807) is 7.11 Å². The molecule has 4 heteroatoms. The SMILES string of the molecule is COc1ccc(N2CCCC(NC(C)C)C2=O)cc1. The van der Waals surface area contributed by atoms with Crippen LogP contribution in [0.3, 0.4) is 0 Å². The average Bonchev–Trinajstić information content (AvgIpc) is 2.41. The van der Waals surface area contributed by atoms with E-state index in [9.17, 15) is 4.79 Å². The molecule has 1 unspecified atom stereocenters. The third kappa shape index (κ3) is 3.26. The van der Waals surface area contributed by atoms with E-state index in [2.05, 4.69) is 19.2 Å². The number of hydrogen-bond donors (Lipinski definition) is 1. The number of amides is 1. The molecule has 19 heavy (non-hydrogen) atoms. The third-order valence-corrected chi connectivity index (χ3v) is 3.36. The second-order valence-electron chi connectivity index (χ2n) is 5.20. The van der Waals surface area contributed by atoms with Crippen LogP contribution in [0, 0.1) is 0 Å². The molecule has 0 radical (unpaired) electrons. The van der Waals surface area contributed by atoms with Crippen LogP contribution in [-0.4, -0.2) is 31.6 Å². The highest BCUT2D eigenvalue weighted by Gasteiger charge is 2.29. The number of methoxy groups -OCH3 is 1. The summed E-state index contributed by atoms with van der Waals surface area (Å²) in [5, 5.41) is 3.34. The topological polar surface area (TPSA) is 41.6 Å². The van der Waals surface area contributed by atoms with Gasteiger partial charge in [-0.3, -0.25) is 4.79 Å². The van der Waals surface area contributed by atoms with Crippen LogP contribution in [0.2, 0.25) is 0 Å². The van der Waals surface area contributed by atoms with Crippen LogP contribution in [0.5, 0.6) is 5.75 Å². The molecular formula is C15H22N2O2. The standard InChI is InChI=1S/C15H22N2O2/c1-11(2)16-14-5-4-10-17(15(14)18)12-6-8-13(19-3)9-7-12/h6-9,11,14,16H,4-5,10H2,1-3H3. The van der Waals surface area contributed by atoms with Gasteiger partial charge < -0.3 is 15.0 Å². The van der Waals surface area contributed by atoms with Crippen molar-refractivity contribution in [1.82, 2.24) is 5.32 Å². The largest absolute Gasteiger partial charge is 0.497 e. The van der Waals surface area contributed by atoms with E-state index in [-0.39, 0.29) is 11.9 Å². The number of ether oxygens (including phenoxy) is 1. The highest BCUT2D eigenvalue weighted by Crippen LogP contribution is 2.23. The average molecular weight is 262 g/mol. The Labute approximate surface area is 114 Å². The highest BCUT2D eigenvalue weighted by atomic mass is 16.5. The van der Waals surface area contributed by atoms with Gasteiger partial charge in [-0.15, -0.1) is 0 Å². The van der Waals surface area contributed by atoms with E-state index < -0.39 is 0 Å². The summed E-state index contributed by atoms with van der Waals surface area (Å²) in [7, 11) is 1.64. The summed E-state index contributed by atoms with van der Waals surface area (Å²) in [6.07, 6.45) is 1.95. The fourth-order valence-corrected chi connectivity index (χ4v) is 2.45. The zero-order chi connectivity index (χ0) is 13.8. The Balaban J connectivity index is 2.12. The van der Waals surface area contributed by atoms with E-state index in [0.717, 1.165) is 30.8 Å². The normalized spacial score (nSPS) is 19.9. The maximum atomic E-state index is 12.4. The Kier molecular flexibility index (Phi) is 4.43. The predicted molar refractivity (Wildman–Crippen MR) is 76.6 cm³/mol. The molecular weight excluding hydrogens is 240 g/mol. The third-order valence-electron chi connectivity index (χ3n) is 3.36. The lowest BCUT2D eigenvalue weighted by Gasteiger charge is -2.33. The molecule has 1 N–H and O–H groups in total. The minimum Gasteiger partial charge on any atom is -0.497 e. The lowest BCUT2D eigenvalue weighted by atomic mass is 10.0. The summed E-state index contributed by atoms with van der Waals surface area (Å²) in [6, 6.07) is 7.92. The number of carbonyl (C=O) groups is 1. The van der Waals surface area contributed by atoms with Crippen molar-refractivity contribution in [3.05, 3.63) is 24.3 Å². The first-order chi connectivity index (χ1) is 9.11. The monoisotopic (exact) mass is 262 g/mol. The number of nitrogens with one attached hydrogen (secondary N) is 1. The van der Waals surface area contributed by atoms with Gasteiger partial charge in [-0.2, -0.15) is 0 Å². The van der Waals surface area contributed by atoms with Crippen molar-refractivity contribution >= 4 is 11.6 Å². The molecule has 1 aliphatic rings. The van der Waals surface area contributed by atoms with Gasteiger partial charge in [0.25, 0.3) is 0 Å². The zero-order valence-electron chi connectivity index (χ0n) is 11.8. The van der Waals surface area contributed by atoms with Crippen molar-refractivity contribution < 1.29 is 9.53 Å². The van der Waals surface area contributed by atoms with Crippen molar-refractivity contribution in [2.75, 3.05) is 18.6 Å². The van der Waals surface area contributed by atoms with Gasteiger partial charge in [-0.05, 0) is 37.1 Å². The lowest BCUT2D eigenvalue weighted by molar-refractivity contribution is -0.121. The van der Waals surface area contributed by atoms with Gasteiger partial charge in [0.1, 0.15) is 5.75 Å². The van der Waals surface area contributed by atoms with E-state index in [1.165, 1.54) is 0 Å². The molecule has 1 saturated heterocycles. The van der Waals surface area contributed by atoms with Gasteiger partial charge in [-0.25, -0.2) is 0 Å². The number of nitrogens with zero attached hydrogens (tertiary/aromatic N) is 1. The summed E-state index contributed by atoms with van der Waals surface area (Å²) in [6.45, 7) is 4.93. The molecule has 1 atom stereocenters. The van der Waals surface area contributed by atoms with Crippen molar-refractivity contribution in [2.45, 2.75) is 38.8 Å². The van der Waals surface area contributed by atoms with E-state index in [0.29, 0.717) is 6.04 Å². The molecule has 0 aliphatic carbocycles. The fraction of sp³-hybridized carbons (Fsp3) is 0.533. The Bertz CT molecular complexity index is 428. The molecule has 104 valence electrons. The van der Waals surface area contributed by atoms with Crippen LogP contribution in [0.25, 0.3) is 0 Å². The molecule has 1 aromatic rings. The minimum atomic E-state index is -0.0594. The van der Waals surface area contributed by atoms with Gasteiger partial charge in [0.2, 0.25) is 5.91 Å². The molecule has 0 saturated carbocycles. The number of hydrogen-bond acceptors (Lipinski definition) is 3. The first kappa shape index (κ1) is 13.9. The zero-order valence-corrected chi connectivity index (χ0v) is 11.8. The van der Waals surface area contributed by atoms with E-state index in [1.807, 2.05) is 29.2 Å². The first-order valence-electron chi connectivity index (χ1n) is 6.83. The molecule has 1 aromatic carbocycles. The molecule has 1 fully saturated rings. The second-order valence-corrected chi connectivity index (χ2v) is 5.20. The van der Waals surface area contributed by atoms with Crippen molar-refractivity contribution in [1.29, 1.82) is 0 Å². The van der Waals surface area contributed by atoms with Crippen molar-refractivity contribution in [3.63, 3.8) is 0 Å². The Morgan fingerprint density at radius 3 is 2.58 bits per heavy atom. The molecule has 2 rings (SSSR count). The Morgan fingerprint density at radius 1 is 1.32 bits per heavy atom. The van der Waals surface area contributed by atoms with Crippen LogP contribution < -0.4 is 15.0 Å². The van der Waals surface area contributed by atoms with Crippen molar-refractivity contribution in [2.24, 2.45) is 0 Å². The number of benzene rings is 1. The Morgan fingerprint density at radius 2 is 2.00 bits per heavy atom. The van der Waals surface area contributed by atoms with Gasteiger partial charge in [0, 0.05) is 18.3 Å². The highest BCUT2D eigenvalue weighted by molar-refractivity contribution is 5.98. The summed E-state index contributed by atoms with van der Waals surface area (Å²) < 4.78 is 5.14. The maximum absolute atomic E-state index is 12.4. The molecule has 1 amide bonds. The van der Waals surface area contributed by atoms with Gasteiger partial charge in [0.15, 0.2) is 0 Å². The van der Waals surface area contributed by atoms with E-state index >= 15 is 0 Å². The van der Waals surface area contributed by atoms with Gasteiger partial charge >= 0.3 is 0 Å². The molecule has 1 heterocycles. The predicted octanol–water partition coefficient (Wildman–Crippen LogP) is 2.19. The van der Waals surface area contributed by atoms with Crippen LogP contribution >= 0.6 is 0 Å². The molecule has 4 nitrogen and oxygen atoms in total. The second kappa shape index (κ2) is 6.06. The van der Waals surface area contributed by atoms with E-state index in [4.69, 9.17) is 4.74 Å². The summed E-state index contributed by atoms with van der Waals surface area (Å²) in [5.74, 6) is 0.982. The molecule has 0 bridgehead atoms. The maximum Gasteiger partial charge on any atom is 0.244 e. The minimum absolute atomic E-state index is 0.0594. The molecule has 0 spiro atoms. The number of piperidine rings is 1. The molecule has 0 aromatic heterocycles. The van der Waals surface area contributed by atoms with Crippen LogP contribution in [0.1, 0.15) is 26.7 Å². The molecule has 1 aliphatic heterocycles. The number of anilines is 1. The van der Waals surface area contributed by atoms with Crippen molar-refractivity contribution in [3.8, 4) is 5.75 Å². The number of rotatable bonds is 4. The number of carbonyl (C=O) groups excluding carboxylic acids is 1. The summed E-state index contributed by atoms with van der Waals surface area (Å²) in [5.41, 5.74) is 0.945. The first-order valence-corrected chi connectivity index (χ1v) is 6.83. The lowest BCUT2D eigenvalue weighted by Crippen LogP contribution is -2.52. The van der Waals surface area contributed by atoms with Crippen LogP contribution in [0.4, 0.5) is 5.69 Å². The van der Waals surface area contributed by atoms with Gasteiger partial charge in [0.05, 0.1) is 13.2 Å². The fourth-order valence-electron chi connectivity index (χ4n) is 2.45.